The van der Waals surface area contributed by atoms with E-state index < -0.39 is 0 Å². The van der Waals surface area contributed by atoms with Crippen LogP contribution < -0.4 is 5.14 Å². The molecule has 0 unspecified atom stereocenters. The van der Waals surface area contributed by atoms with Crippen LogP contribution in [0.4, 0.5) is 0 Å². The predicted octanol–water partition coefficient (Wildman–Crippen LogP) is 2.73. The second kappa shape index (κ2) is 4.80. The van der Waals surface area contributed by atoms with E-state index >= 15 is 0 Å². The Bertz CT molecular complexity index is 108. The number of allylic oxidation sites excluding steroid dienone is 1. The van der Waals surface area contributed by atoms with E-state index in [1.54, 1.807) is 0 Å². The maximum atomic E-state index is 5.45. The van der Waals surface area contributed by atoms with E-state index in [0.717, 1.165) is 6.42 Å². The van der Waals surface area contributed by atoms with Gasteiger partial charge in [-0.15, -0.1) is 0 Å². The first-order valence-corrected chi connectivity index (χ1v) is 4.56. The summed E-state index contributed by atoms with van der Waals surface area (Å²) in [5.41, 5.74) is 0. The van der Waals surface area contributed by atoms with Crippen molar-refractivity contribution in [3.05, 3.63) is 12.2 Å². The van der Waals surface area contributed by atoms with Crippen molar-refractivity contribution >= 4 is 11.9 Å². The number of nitrogens with two attached hydrogens (primary N) is 1. The molecule has 0 amide bonds. The van der Waals surface area contributed by atoms with Gasteiger partial charge < -0.3 is 0 Å². The maximum Gasteiger partial charge on any atom is 0.0425 e. The summed E-state index contributed by atoms with van der Waals surface area (Å²) in [7, 11) is 0. The fraction of sp³-hybridized carbons (Fsp3) is 0.750. The molecule has 0 aliphatic heterocycles. The van der Waals surface area contributed by atoms with E-state index in [9.17, 15) is 0 Å². The average molecular weight is 159 g/mol. The van der Waals surface area contributed by atoms with E-state index in [1.807, 2.05) is 0 Å². The van der Waals surface area contributed by atoms with Crippen molar-refractivity contribution < 1.29 is 0 Å². The number of rotatable bonds is 4. The molecule has 0 rings (SSSR count). The van der Waals surface area contributed by atoms with E-state index in [1.165, 1.54) is 18.4 Å². The summed E-state index contributed by atoms with van der Waals surface area (Å²) in [5, 5.41) is 5.45. The van der Waals surface area contributed by atoms with Gasteiger partial charge in [-0.2, -0.15) is 0 Å². The van der Waals surface area contributed by atoms with Crippen molar-refractivity contribution in [2.24, 2.45) is 5.14 Å². The second-order valence-electron chi connectivity index (χ2n) is 2.91. The zero-order valence-corrected chi connectivity index (χ0v) is 7.87. The SMILES string of the molecule is CCCC=CC(C)(C)SN. The van der Waals surface area contributed by atoms with Gasteiger partial charge in [0.1, 0.15) is 0 Å². The quantitative estimate of drug-likeness (QED) is 0.504. The molecule has 0 spiro atoms. The highest BCUT2D eigenvalue weighted by molar-refractivity contribution is 7.98. The minimum Gasteiger partial charge on any atom is -0.277 e. The molecule has 2 N–H and O–H groups in total. The average Bonchev–Trinajstić information content (AvgIpc) is 1.89. The first kappa shape index (κ1) is 10.0. The first-order valence-electron chi connectivity index (χ1n) is 3.68. The molecule has 0 aromatic rings. The van der Waals surface area contributed by atoms with Crippen LogP contribution in [0.1, 0.15) is 33.6 Å². The zero-order chi connectivity index (χ0) is 8.04. The third-order valence-corrected chi connectivity index (χ3v) is 2.02. The van der Waals surface area contributed by atoms with Crippen molar-refractivity contribution in [1.29, 1.82) is 0 Å². The second-order valence-corrected chi connectivity index (χ2v) is 4.20. The highest BCUT2D eigenvalue weighted by Crippen LogP contribution is 2.19. The largest absolute Gasteiger partial charge is 0.277 e. The number of hydrogen-bond donors (Lipinski definition) is 1. The van der Waals surface area contributed by atoms with E-state index in [2.05, 4.69) is 32.9 Å². The molecular formula is C8H17NS. The Balaban J connectivity index is 3.63. The predicted molar refractivity (Wildman–Crippen MR) is 49.9 cm³/mol. The normalized spacial score (nSPS) is 12.8. The van der Waals surface area contributed by atoms with E-state index in [-0.39, 0.29) is 4.75 Å². The van der Waals surface area contributed by atoms with Crippen LogP contribution in [0.5, 0.6) is 0 Å². The van der Waals surface area contributed by atoms with Crippen molar-refractivity contribution in [2.45, 2.75) is 38.4 Å². The summed E-state index contributed by atoms with van der Waals surface area (Å²) >= 11 is 1.39. The first-order chi connectivity index (χ1) is 4.62. The molecule has 0 aliphatic carbocycles. The highest BCUT2D eigenvalue weighted by Gasteiger charge is 2.10. The molecule has 0 aromatic heterocycles. The molecule has 0 bridgehead atoms. The van der Waals surface area contributed by atoms with Crippen molar-refractivity contribution in [3.63, 3.8) is 0 Å². The Labute approximate surface area is 68.2 Å². The lowest BCUT2D eigenvalue weighted by molar-refractivity contribution is 0.876. The van der Waals surface area contributed by atoms with Gasteiger partial charge in [-0.1, -0.05) is 37.4 Å². The lowest BCUT2D eigenvalue weighted by Crippen LogP contribution is -2.12. The maximum absolute atomic E-state index is 5.45. The molecule has 0 aliphatic rings. The van der Waals surface area contributed by atoms with Gasteiger partial charge in [0, 0.05) is 4.75 Å². The smallest absolute Gasteiger partial charge is 0.0425 e. The molecule has 0 saturated heterocycles. The van der Waals surface area contributed by atoms with Crippen molar-refractivity contribution in [2.75, 3.05) is 0 Å². The monoisotopic (exact) mass is 159 g/mol. The third-order valence-electron chi connectivity index (χ3n) is 1.28. The van der Waals surface area contributed by atoms with Crippen LogP contribution >= 0.6 is 11.9 Å². The summed E-state index contributed by atoms with van der Waals surface area (Å²) in [5.74, 6) is 0. The topological polar surface area (TPSA) is 26.0 Å². The number of unbranched alkanes of at least 4 members (excludes halogenated alkanes) is 1. The summed E-state index contributed by atoms with van der Waals surface area (Å²) in [6.07, 6.45) is 6.73. The van der Waals surface area contributed by atoms with E-state index in [0.29, 0.717) is 0 Å². The van der Waals surface area contributed by atoms with Gasteiger partial charge in [0.05, 0.1) is 0 Å². The molecule has 0 aromatic carbocycles. The minimum atomic E-state index is 0.106. The van der Waals surface area contributed by atoms with Crippen molar-refractivity contribution in [3.8, 4) is 0 Å². The van der Waals surface area contributed by atoms with Crippen LogP contribution in [0.15, 0.2) is 12.2 Å². The van der Waals surface area contributed by atoms with Gasteiger partial charge in [-0.3, -0.25) is 5.14 Å². The lowest BCUT2D eigenvalue weighted by atomic mass is 10.1. The fourth-order valence-corrected chi connectivity index (χ4v) is 0.748. The Hall–Kier alpha value is 0.0500. The van der Waals surface area contributed by atoms with Crippen LogP contribution in [-0.2, 0) is 0 Å². The van der Waals surface area contributed by atoms with Crippen LogP contribution in [0.2, 0.25) is 0 Å². The minimum absolute atomic E-state index is 0.106. The standard InChI is InChI=1S/C8H17NS/c1-4-5-6-7-8(2,3)10-9/h6-7H,4-5,9H2,1-3H3. The van der Waals surface area contributed by atoms with Gasteiger partial charge in [-0.05, 0) is 20.3 Å². The number of hydrogen-bond acceptors (Lipinski definition) is 2. The summed E-state index contributed by atoms with van der Waals surface area (Å²) in [6, 6.07) is 0. The highest BCUT2D eigenvalue weighted by atomic mass is 32.2. The summed E-state index contributed by atoms with van der Waals surface area (Å²) in [4.78, 5) is 0. The Kier molecular flexibility index (Phi) is 4.83. The molecule has 2 heteroatoms. The summed E-state index contributed by atoms with van der Waals surface area (Å²) in [6.45, 7) is 6.40. The van der Waals surface area contributed by atoms with Crippen LogP contribution in [0, 0.1) is 0 Å². The molecule has 1 nitrogen and oxygen atoms in total. The Morgan fingerprint density at radius 2 is 2.10 bits per heavy atom. The molecule has 60 valence electrons. The van der Waals surface area contributed by atoms with Gasteiger partial charge in [-0.25, -0.2) is 0 Å². The molecule has 10 heavy (non-hydrogen) atoms. The molecule has 0 radical (unpaired) electrons. The lowest BCUT2D eigenvalue weighted by Gasteiger charge is -2.14. The Morgan fingerprint density at radius 1 is 1.50 bits per heavy atom. The molecule has 0 heterocycles. The Morgan fingerprint density at radius 3 is 2.50 bits per heavy atom. The molecular weight excluding hydrogens is 142 g/mol. The van der Waals surface area contributed by atoms with Gasteiger partial charge in [0.15, 0.2) is 0 Å². The molecule has 0 fully saturated rings. The molecule has 0 saturated carbocycles. The molecule has 0 atom stereocenters. The van der Waals surface area contributed by atoms with Crippen LogP contribution in [-0.4, -0.2) is 4.75 Å². The third kappa shape index (κ3) is 4.89. The zero-order valence-electron chi connectivity index (χ0n) is 7.05. The fourth-order valence-electron chi connectivity index (χ4n) is 0.573. The summed E-state index contributed by atoms with van der Waals surface area (Å²) < 4.78 is 0.106. The van der Waals surface area contributed by atoms with Crippen molar-refractivity contribution in [1.82, 2.24) is 0 Å². The van der Waals surface area contributed by atoms with Gasteiger partial charge >= 0.3 is 0 Å². The van der Waals surface area contributed by atoms with Gasteiger partial charge in [0.2, 0.25) is 0 Å². The van der Waals surface area contributed by atoms with Gasteiger partial charge in [0.25, 0.3) is 0 Å². The van der Waals surface area contributed by atoms with Crippen LogP contribution in [0.25, 0.3) is 0 Å². The van der Waals surface area contributed by atoms with E-state index in [4.69, 9.17) is 5.14 Å². The van der Waals surface area contributed by atoms with Crippen LogP contribution in [0.3, 0.4) is 0 Å².